The Kier molecular flexibility index (Phi) is 5.41. The molecular weight excluding hydrogens is 220 g/mol. The zero-order chi connectivity index (χ0) is 12.8. The van der Waals surface area contributed by atoms with E-state index >= 15 is 0 Å². The van der Waals surface area contributed by atoms with Gasteiger partial charge in [-0.25, -0.2) is 0 Å². The summed E-state index contributed by atoms with van der Waals surface area (Å²) in [6.45, 7) is 3.30. The van der Waals surface area contributed by atoms with E-state index in [4.69, 9.17) is 5.11 Å². The van der Waals surface area contributed by atoms with Crippen molar-refractivity contribution in [2.75, 3.05) is 26.7 Å². The second kappa shape index (κ2) is 6.59. The van der Waals surface area contributed by atoms with Gasteiger partial charge in [0.2, 0.25) is 11.8 Å². The molecule has 0 spiro atoms. The molecule has 5 heteroatoms. The maximum absolute atomic E-state index is 11.8. The molecule has 17 heavy (non-hydrogen) atoms. The van der Waals surface area contributed by atoms with Gasteiger partial charge in [0.25, 0.3) is 0 Å². The summed E-state index contributed by atoms with van der Waals surface area (Å²) >= 11 is 0. The Labute approximate surface area is 102 Å². The number of likely N-dealkylation sites (tertiary alicyclic amines) is 1. The summed E-state index contributed by atoms with van der Waals surface area (Å²) in [5, 5.41) is 11.7. The molecular formula is C12H22N2O3. The molecule has 0 aromatic rings. The van der Waals surface area contributed by atoms with Crippen molar-refractivity contribution in [1.82, 2.24) is 10.2 Å². The van der Waals surface area contributed by atoms with E-state index in [1.54, 1.807) is 11.9 Å². The summed E-state index contributed by atoms with van der Waals surface area (Å²) in [6.07, 6.45) is 1.96. The molecule has 0 aliphatic carbocycles. The summed E-state index contributed by atoms with van der Waals surface area (Å²) in [5.41, 5.74) is 0. The van der Waals surface area contributed by atoms with Crippen LogP contribution in [0.2, 0.25) is 0 Å². The van der Waals surface area contributed by atoms with E-state index in [0.717, 1.165) is 6.42 Å². The third-order valence-electron chi connectivity index (χ3n) is 3.39. The molecule has 0 saturated carbocycles. The van der Waals surface area contributed by atoms with Crippen LogP contribution >= 0.6 is 0 Å². The lowest BCUT2D eigenvalue weighted by Crippen LogP contribution is -2.35. The van der Waals surface area contributed by atoms with Gasteiger partial charge in [0, 0.05) is 33.2 Å². The van der Waals surface area contributed by atoms with E-state index in [-0.39, 0.29) is 24.3 Å². The van der Waals surface area contributed by atoms with Gasteiger partial charge in [0.15, 0.2) is 0 Å². The number of hydrogen-bond acceptors (Lipinski definition) is 3. The van der Waals surface area contributed by atoms with Crippen LogP contribution in [-0.2, 0) is 9.59 Å². The summed E-state index contributed by atoms with van der Waals surface area (Å²) in [6, 6.07) is 0. The van der Waals surface area contributed by atoms with Crippen molar-refractivity contribution in [2.45, 2.75) is 26.2 Å². The number of hydrogen-bond donors (Lipinski definition) is 2. The summed E-state index contributed by atoms with van der Waals surface area (Å²) in [5.74, 6) is 0.101. The topological polar surface area (TPSA) is 69.6 Å². The number of aliphatic hydroxyl groups is 1. The largest absolute Gasteiger partial charge is 0.396 e. The van der Waals surface area contributed by atoms with Crippen molar-refractivity contribution >= 4 is 11.8 Å². The fourth-order valence-corrected chi connectivity index (χ4v) is 2.06. The van der Waals surface area contributed by atoms with Crippen LogP contribution in [-0.4, -0.2) is 48.6 Å². The Morgan fingerprint density at radius 1 is 1.65 bits per heavy atom. The Morgan fingerprint density at radius 2 is 2.35 bits per heavy atom. The average molecular weight is 242 g/mol. The summed E-state index contributed by atoms with van der Waals surface area (Å²) < 4.78 is 0. The van der Waals surface area contributed by atoms with Gasteiger partial charge >= 0.3 is 0 Å². The van der Waals surface area contributed by atoms with E-state index in [1.807, 2.05) is 6.92 Å². The highest BCUT2D eigenvalue weighted by molar-refractivity contribution is 5.89. The third-order valence-corrected chi connectivity index (χ3v) is 3.39. The molecule has 1 saturated heterocycles. The SMILES string of the molecule is CCC(CCO)CNC(=O)C1CC(=O)N(C)C1. The van der Waals surface area contributed by atoms with Crippen LogP contribution in [0.3, 0.4) is 0 Å². The predicted molar refractivity (Wildman–Crippen MR) is 64.2 cm³/mol. The molecule has 1 aliphatic heterocycles. The zero-order valence-electron chi connectivity index (χ0n) is 10.6. The molecule has 1 fully saturated rings. The molecule has 2 atom stereocenters. The van der Waals surface area contributed by atoms with Crippen LogP contribution in [0.5, 0.6) is 0 Å². The molecule has 1 aliphatic rings. The quantitative estimate of drug-likeness (QED) is 0.688. The lowest BCUT2D eigenvalue weighted by atomic mass is 10.0. The van der Waals surface area contributed by atoms with Crippen molar-refractivity contribution in [2.24, 2.45) is 11.8 Å². The highest BCUT2D eigenvalue weighted by Gasteiger charge is 2.31. The van der Waals surface area contributed by atoms with Gasteiger partial charge in [0.05, 0.1) is 5.92 Å². The molecule has 98 valence electrons. The van der Waals surface area contributed by atoms with Gasteiger partial charge in [0.1, 0.15) is 0 Å². The molecule has 1 rings (SSSR count). The Balaban J connectivity index is 2.32. The van der Waals surface area contributed by atoms with E-state index in [2.05, 4.69) is 5.32 Å². The number of aliphatic hydroxyl groups excluding tert-OH is 1. The van der Waals surface area contributed by atoms with Gasteiger partial charge in [-0.15, -0.1) is 0 Å². The second-order valence-electron chi connectivity index (χ2n) is 4.71. The second-order valence-corrected chi connectivity index (χ2v) is 4.71. The van der Waals surface area contributed by atoms with Gasteiger partial charge in [-0.3, -0.25) is 9.59 Å². The maximum atomic E-state index is 11.8. The summed E-state index contributed by atoms with van der Waals surface area (Å²) in [7, 11) is 1.72. The Morgan fingerprint density at radius 3 is 2.82 bits per heavy atom. The normalized spacial score (nSPS) is 21.7. The minimum absolute atomic E-state index is 0.0348. The molecule has 0 bridgehead atoms. The van der Waals surface area contributed by atoms with Gasteiger partial charge < -0.3 is 15.3 Å². The number of nitrogens with one attached hydrogen (secondary N) is 1. The number of amides is 2. The molecule has 2 unspecified atom stereocenters. The predicted octanol–water partition coefficient (Wildman–Crippen LogP) is -0.0105. The number of carbonyl (C=O) groups excluding carboxylic acids is 2. The molecule has 1 heterocycles. The van der Waals surface area contributed by atoms with Crippen molar-refractivity contribution < 1.29 is 14.7 Å². The fraction of sp³-hybridized carbons (Fsp3) is 0.833. The van der Waals surface area contributed by atoms with E-state index < -0.39 is 0 Å². The van der Waals surface area contributed by atoms with Crippen molar-refractivity contribution in [1.29, 1.82) is 0 Å². The minimum atomic E-state index is -0.209. The van der Waals surface area contributed by atoms with Crippen LogP contribution in [0.4, 0.5) is 0 Å². The smallest absolute Gasteiger partial charge is 0.225 e. The number of nitrogens with zero attached hydrogens (tertiary/aromatic N) is 1. The lowest BCUT2D eigenvalue weighted by molar-refractivity contribution is -0.128. The highest BCUT2D eigenvalue weighted by Crippen LogP contribution is 2.16. The molecule has 0 radical (unpaired) electrons. The van der Waals surface area contributed by atoms with Crippen molar-refractivity contribution in [3.8, 4) is 0 Å². The van der Waals surface area contributed by atoms with Crippen LogP contribution in [0.1, 0.15) is 26.2 Å². The first kappa shape index (κ1) is 14.0. The fourth-order valence-electron chi connectivity index (χ4n) is 2.06. The van der Waals surface area contributed by atoms with Gasteiger partial charge in [-0.2, -0.15) is 0 Å². The van der Waals surface area contributed by atoms with Crippen molar-refractivity contribution in [3.63, 3.8) is 0 Å². The van der Waals surface area contributed by atoms with E-state index in [0.29, 0.717) is 31.8 Å². The average Bonchev–Trinajstić information content (AvgIpc) is 2.64. The molecule has 2 N–H and O–H groups in total. The van der Waals surface area contributed by atoms with Crippen molar-refractivity contribution in [3.05, 3.63) is 0 Å². The van der Waals surface area contributed by atoms with Crippen LogP contribution in [0, 0.1) is 11.8 Å². The lowest BCUT2D eigenvalue weighted by Gasteiger charge is -2.16. The first-order chi connectivity index (χ1) is 8.08. The minimum Gasteiger partial charge on any atom is -0.396 e. The number of carbonyl (C=O) groups is 2. The molecule has 0 aromatic heterocycles. The number of rotatable bonds is 6. The molecule has 0 aromatic carbocycles. The Hall–Kier alpha value is -1.10. The van der Waals surface area contributed by atoms with Crippen LogP contribution in [0.25, 0.3) is 0 Å². The maximum Gasteiger partial charge on any atom is 0.225 e. The van der Waals surface area contributed by atoms with Gasteiger partial charge in [-0.05, 0) is 12.3 Å². The third kappa shape index (κ3) is 4.00. The zero-order valence-corrected chi connectivity index (χ0v) is 10.6. The molecule has 5 nitrogen and oxygen atoms in total. The first-order valence-corrected chi connectivity index (χ1v) is 6.21. The van der Waals surface area contributed by atoms with Gasteiger partial charge in [-0.1, -0.05) is 13.3 Å². The van der Waals surface area contributed by atoms with E-state index in [9.17, 15) is 9.59 Å². The van der Waals surface area contributed by atoms with E-state index in [1.165, 1.54) is 0 Å². The van der Waals surface area contributed by atoms with Crippen LogP contribution in [0.15, 0.2) is 0 Å². The standard InChI is InChI=1S/C12H22N2O3/c1-3-9(4-5-15)7-13-12(17)10-6-11(16)14(2)8-10/h9-10,15H,3-8H2,1-2H3,(H,13,17). The highest BCUT2D eigenvalue weighted by atomic mass is 16.3. The monoisotopic (exact) mass is 242 g/mol. The summed E-state index contributed by atoms with van der Waals surface area (Å²) in [4.78, 5) is 24.7. The Bertz CT molecular complexity index is 281. The first-order valence-electron chi connectivity index (χ1n) is 6.21. The molecule has 2 amide bonds. The van der Waals surface area contributed by atoms with Crippen LogP contribution < -0.4 is 5.32 Å².